The summed E-state index contributed by atoms with van der Waals surface area (Å²) in [7, 11) is 1.44. The van der Waals surface area contributed by atoms with Crippen LogP contribution in [-0.4, -0.2) is 31.0 Å². The molecule has 2 aromatic carbocycles. The molecule has 5 heteroatoms. The zero-order valence-electron chi connectivity index (χ0n) is 15.2. The van der Waals surface area contributed by atoms with Crippen LogP contribution in [0.4, 0.5) is 10.1 Å². The molecular weight excluding hydrogens is 319 g/mol. The van der Waals surface area contributed by atoms with E-state index in [9.17, 15) is 9.18 Å². The van der Waals surface area contributed by atoms with Gasteiger partial charge in [-0.2, -0.15) is 0 Å². The minimum absolute atomic E-state index is 0.0791. The number of amides is 1. The Morgan fingerprint density at radius 2 is 2.00 bits per heavy atom. The monoisotopic (exact) mass is 344 g/mol. The molecule has 1 amide bonds. The number of rotatable bonds is 7. The van der Waals surface area contributed by atoms with Crippen LogP contribution in [0, 0.1) is 19.7 Å². The average molecular weight is 344 g/mol. The third kappa shape index (κ3) is 5.03. The summed E-state index contributed by atoms with van der Waals surface area (Å²) in [6.07, 6.45) is 0. The average Bonchev–Trinajstić information content (AvgIpc) is 2.58. The van der Waals surface area contributed by atoms with Crippen LogP contribution in [0.3, 0.4) is 0 Å². The Kier molecular flexibility index (Phi) is 6.53. The summed E-state index contributed by atoms with van der Waals surface area (Å²) < 4.78 is 18.7. The van der Waals surface area contributed by atoms with E-state index >= 15 is 0 Å². The highest BCUT2D eigenvalue weighted by Gasteiger charge is 2.12. The smallest absolute Gasteiger partial charge is 0.238 e. The lowest BCUT2D eigenvalue weighted by molar-refractivity contribution is -0.117. The SMILES string of the molecule is CCN(CC(=O)Nc1cccc(C)c1C)Cc1ccc(OC)c(F)c1. The third-order valence-corrected chi connectivity index (χ3v) is 4.32. The Balaban J connectivity index is 2.00. The molecule has 0 aliphatic rings. The molecule has 0 aliphatic heterocycles. The van der Waals surface area contributed by atoms with E-state index in [0.717, 1.165) is 22.4 Å². The number of benzene rings is 2. The van der Waals surface area contributed by atoms with Gasteiger partial charge in [-0.05, 0) is 55.3 Å². The maximum Gasteiger partial charge on any atom is 0.238 e. The molecule has 0 heterocycles. The minimum Gasteiger partial charge on any atom is -0.494 e. The van der Waals surface area contributed by atoms with Crippen molar-refractivity contribution in [1.29, 1.82) is 0 Å². The second kappa shape index (κ2) is 8.62. The molecule has 0 saturated heterocycles. The van der Waals surface area contributed by atoms with Crippen LogP contribution in [-0.2, 0) is 11.3 Å². The summed E-state index contributed by atoms with van der Waals surface area (Å²) >= 11 is 0. The first-order chi connectivity index (χ1) is 11.9. The van der Waals surface area contributed by atoms with Crippen molar-refractivity contribution in [1.82, 2.24) is 4.90 Å². The maximum atomic E-state index is 13.8. The molecule has 2 rings (SSSR count). The van der Waals surface area contributed by atoms with Gasteiger partial charge < -0.3 is 10.1 Å². The van der Waals surface area contributed by atoms with E-state index < -0.39 is 5.82 Å². The Morgan fingerprint density at radius 3 is 2.64 bits per heavy atom. The van der Waals surface area contributed by atoms with Crippen LogP contribution >= 0.6 is 0 Å². The van der Waals surface area contributed by atoms with Gasteiger partial charge in [0, 0.05) is 12.2 Å². The summed E-state index contributed by atoms with van der Waals surface area (Å²) in [5.41, 5.74) is 3.84. The van der Waals surface area contributed by atoms with Crippen molar-refractivity contribution >= 4 is 11.6 Å². The number of methoxy groups -OCH3 is 1. The number of carbonyl (C=O) groups excluding carboxylic acids is 1. The number of aryl methyl sites for hydroxylation is 1. The quantitative estimate of drug-likeness (QED) is 0.828. The normalized spacial score (nSPS) is 10.8. The van der Waals surface area contributed by atoms with Crippen molar-refractivity contribution in [2.24, 2.45) is 0 Å². The van der Waals surface area contributed by atoms with E-state index in [-0.39, 0.29) is 18.2 Å². The first-order valence-electron chi connectivity index (χ1n) is 8.35. The highest BCUT2D eigenvalue weighted by atomic mass is 19.1. The topological polar surface area (TPSA) is 41.6 Å². The van der Waals surface area contributed by atoms with Gasteiger partial charge in [-0.1, -0.05) is 25.1 Å². The molecule has 25 heavy (non-hydrogen) atoms. The molecular formula is C20H25FN2O2. The predicted octanol–water partition coefficient (Wildman–Crippen LogP) is 3.91. The number of likely N-dealkylation sites (N-methyl/N-ethyl adjacent to an activating group) is 1. The summed E-state index contributed by atoms with van der Waals surface area (Å²) in [6, 6.07) is 10.7. The second-order valence-electron chi connectivity index (χ2n) is 6.07. The van der Waals surface area contributed by atoms with E-state index in [1.807, 2.05) is 49.9 Å². The van der Waals surface area contributed by atoms with Crippen LogP contribution in [0.25, 0.3) is 0 Å². The molecule has 0 saturated carbocycles. The number of anilines is 1. The van der Waals surface area contributed by atoms with Gasteiger partial charge in [0.1, 0.15) is 0 Å². The Hall–Kier alpha value is -2.40. The van der Waals surface area contributed by atoms with Gasteiger partial charge in [-0.3, -0.25) is 9.69 Å². The van der Waals surface area contributed by atoms with Crippen molar-refractivity contribution in [3.63, 3.8) is 0 Å². The van der Waals surface area contributed by atoms with E-state index in [2.05, 4.69) is 5.32 Å². The van der Waals surface area contributed by atoms with Crippen LogP contribution < -0.4 is 10.1 Å². The lowest BCUT2D eigenvalue weighted by atomic mass is 10.1. The summed E-state index contributed by atoms with van der Waals surface area (Å²) in [6.45, 7) is 7.42. The van der Waals surface area contributed by atoms with Crippen molar-refractivity contribution in [2.45, 2.75) is 27.3 Å². The molecule has 4 nitrogen and oxygen atoms in total. The molecule has 0 radical (unpaired) electrons. The highest BCUT2D eigenvalue weighted by molar-refractivity contribution is 5.93. The molecule has 0 bridgehead atoms. The highest BCUT2D eigenvalue weighted by Crippen LogP contribution is 2.19. The van der Waals surface area contributed by atoms with Gasteiger partial charge in [-0.15, -0.1) is 0 Å². The van der Waals surface area contributed by atoms with Crippen LogP contribution in [0.1, 0.15) is 23.6 Å². The van der Waals surface area contributed by atoms with Gasteiger partial charge >= 0.3 is 0 Å². The van der Waals surface area contributed by atoms with Gasteiger partial charge in [0.2, 0.25) is 5.91 Å². The van der Waals surface area contributed by atoms with Crippen molar-refractivity contribution < 1.29 is 13.9 Å². The van der Waals surface area contributed by atoms with E-state index in [0.29, 0.717) is 13.1 Å². The molecule has 2 aromatic rings. The Bertz CT molecular complexity index is 746. The number of carbonyl (C=O) groups is 1. The van der Waals surface area contributed by atoms with Crippen LogP contribution in [0.2, 0.25) is 0 Å². The molecule has 0 spiro atoms. The fourth-order valence-electron chi connectivity index (χ4n) is 2.63. The Morgan fingerprint density at radius 1 is 1.24 bits per heavy atom. The van der Waals surface area contributed by atoms with Gasteiger partial charge in [0.15, 0.2) is 11.6 Å². The second-order valence-corrected chi connectivity index (χ2v) is 6.07. The van der Waals surface area contributed by atoms with Gasteiger partial charge in [0.25, 0.3) is 0 Å². The first-order valence-corrected chi connectivity index (χ1v) is 8.35. The lowest BCUT2D eigenvalue weighted by Gasteiger charge is -2.20. The maximum absolute atomic E-state index is 13.8. The van der Waals surface area contributed by atoms with Crippen LogP contribution in [0.15, 0.2) is 36.4 Å². The minimum atomic E-state index is -0.393. The summed E-state index contributed by atoms with van der Waals surface area (Å²) in [4.78, 5) is 14.3. The summed E-state index contributed by atoms with van der Waals surface area (Å²) in [5.74, 6) is -0.250. The fourth-order valence-corrected chi connectivity index (χ4v) is 2.63. The Labute approximate surface area is 148 Å². The van der Waals surface area contributed by atoms with Crippen molar-refractivity contribution in [3.05, 3.63) is 58.9 Å². The molecule has 0 atom stereocenters. The van der Waals surface area contributed by atoms with Crippen molar-refractivity contribution in [3.8, 4) is 5.75 Å². The lowest BCUT2D eigenvalue weighted by Crippen LogP contribution is -2.33. The largest absolute Gasteiger partial charge is 0.494 e. The van der Waals surface area contributed by atoms with Gasteiger partial charge in [-0.25, -0.2) is 4.39 Å². The van der Waals surface area contributed by atoms with Gasteiger partial charge in [0.05, 0.1) is 13.7 Å². The molecule has 1 N–H and O–H groups in total. The zero-order chi connectivity index (χ0) is 18.4. The standard InChI is InChI=1S/C20H25FN2O2/c1-5-23(12-16-9-10-19(25-4)17(21)11-16)13-20(24)22-18-8-6-7-14(2)15(18)3/h6-11H,5,12-13H2,1-4H3,(H,22,24). The van der Waals surface area contributed by atoms with E-state index in [4.69, 9.17) is 4.74 Å². The molecule has 0 fully saturated rings. The summed E-state index contributed by atoms with van der Waals surface area (Å²) in [5, 5.41) is 2.96. The number of ether oxygens (including phenoxy) is 1. The number of nitrogens with one attached hydrogen (secondary N) is 1. The zero-order valence-corrected chi connectivity index (χ0v) is 15.2. The third-order valence-electron chi connectivity index (χ3n) is 4.32. The fraction of sp³-hybridized carbons (Fsp3) is 0.350. The molecule has 0 aromatic heterocycles. The number of hydrogen-bond acceptors (Lipinski definition) is 3. The molecule has 0 aliphatic carbocycles. The number of halogens is 1. The van der Waals surface area contributed by atoms with E-state index in [1.165, 1.54) is 13.2 Å². The van der Waals surface area contributed by atoms with E-state index in [1.54, 1.807) is 6.07 Å². The predicted molar refractivity (Wildman–Crippen MR) is 98.4 cm³/mol. The first kappa shape index (κ1) is 18.9. The molecule has 134 valence electrons. The number of nitrogens with zero attached hydrogens (tertiary/aromatic N) is 1. The van der Waals surface area contributed by atoms with Crippen LogP contribution in [0.5, 0.6) is 5.75 Å². The van der Waals surface area contributed by atoms with Crippen molar-refractivity contribution in [2.75, 3.05) is 25.5 Å². The molecule has 0 unspecified atom stereocenters. The number of hydrogen-bond donors (Lipinski definition) is 1.